The summed E-state index contributed by atoms with van der Waals surface area (Å²) in [4.78, 5) is 8.34. The summed E-state index contributed by atoms with van der Waals surface area (Å²) in [6.07, 6.45) is -3.28. The van der Waals surface area contributed by atoms with E-state index in [-0.39, 0.29) is 22.6 Å². The summed E-state index contributed by atoms with van der Waals surface area (Å²) in [5, 5.41) is -0.193. The van der Waals surface area contributed by atoms with Gasteiger partial charge in [0.05, 0.1) is 16.9 Å². The molecule has 1 aromatic heterocycles. The zero-order valence-corrected chi connectivity index (χ0v) is 18.3. The Labute approximate surface area is 186 Å². The first-order valence-corrected chi connectivity index (χ1v) is 11.1. The number of rotatable bonds is 7. The van der Waals surface area contributed by atoms with E-state index in [1.807, 2.05) is 7.05 Å². The molecule has 0 radical (unpaired) electrons. The molecule has 170 valence electrons. The van der Waals surface area contributed by atoms with Crippen molar-refractivity contribution in [3.05, 3.63) is 34.7 Å². The van der Waals surface area contributed by atoms with Gasteiger partial charge in [0.25, 0.3) is 10.0 Å². The molecule has 1 fully saturated rings. The van der Waals surface area contributed by atoms with Crippen LogP contribution >= 0.6 is 23.2 Å². The molecule has 1 N–H and O–H groups in total. The molecule has 0 spiro atoms. The molecule has 0 aliphatic carbocycles. The molecule has 1 unspecified atom stereocenters. The van der Waals surface area contributed by atoms with Crippen LogP contribution in [0.3, 0.4) is 0 Å². The Morgan fingerprint density at radius 2 is 2.06 bits per heavy atom. The first kappa shape index (κ1) is 23.6. The van der Waals surface area contributed by atoms with E-state index in [1.54, 1.807) is 0 Å². The standard InChI is InChI=1S/C17H17Cl2F3N4O4S/c1-26-5-4-11(8-26)30-13-6-10(2-3-12(13)18)25-31(27,28)14-7-23-16(19)24-15(14)29-9-17(20,21)22/h2-3,6-7,11,25H,4-5,8-9H2,1H3. The molecule has 2 heterocycles. The fourth-order valence-corrected chi connectivity index (χ4v) is 4.17. The number of sulfonamides is 1. The average Bonchev–Trinajstić information content (AvgIpc) is 3.06. The lowest BCUT2D eigenvalue weighted by Gasteiger charge is -2.17. The van der Waals surface area contributed by atoms with Gasteiger partial charge in [-0.15, -0.1) is 0 Å². The van der Waals surface area contributed by atoms with Crippen molar-refractivity contribution in [3.8, 4) is 11.6 Å². The predicted octanol–water partition coefficient (Wildman–Crippen LogP) is 3.61. The Hall–Kier alpha value is -2.02. The normalized spacial score (nSPS) is 17.5. The maximum absolute atomic E-state index is 12.8. The summed E-state index contributed by atoms with van der Waals surface area (Å²) in [7, 11) is -2.48. The highest BCUT2D eigenvalue weighted by molar-refractivity contribution is 7.92. The molecule has 1 aliphatic heterocycles. The number of likely N-dealkylation sites (tertiary alicyclic amines) is 1. The zero-order valence-electron chi connectivity index (χ0n) is 16.0. The number of hydrogen-bond acceptors (Lipinski definition) is 7. The Bertz CT molecular complexity index is 1060. The van der Waals surface area contributed by atoms with E-state index < -0.39 is 38.9 Å². The highest BCUT2D eigenvalue weighted by Gasteiger charge is 2.31. The van der Waals surface area contributed by atoms with Crippen molar-refractivity contribution in [2.75, 3.05) is 31.5 Å². The topological polar surface area (TPSA) is 93.7 Å². The van der Waals surface area contributed by atoms with E-state index in [9.17, 15) is 21.6 Å². The predicted molar refractivity (Wildman–Crippen MR) is 107 cm³/mol. The van der Waals surface area contributed by atoms with Crippen molar-refractivity contribution < 1.29 is 31.1 Å². The minimum absolute atomic E-state index is 0.0717. The minimum atomic E-state index is -4.71. The SMILES string of the molecule is CN1CCC(Oc2cc(NS(=O)(=O)c3cnc(Cl)nc3OCC(F)(F)F)ccc2Cl)C1. The lowest BCUT2D eigenvalue weighted by molar-refractivity contribution is -0.154. The fourth-order valence-electron chi connectivity index (χ4n) is 2.81. The van der Waals surface area contributed by atoms with Gasteiger partial charge in [-0.2, -0.15) is 18.2 Å². The average molecular weight is 501 g/mol. The Morgan fingerprint density at radius 3 is 2.71 bits per heavy atom. The second kappa shape index (κ2) is 9.23. The molecule has 0 bridgehead atoms. The van der Waals surface area contributed by atoms with Crippen LogP contribution in [-0.2, 0) is 10.0 Å². The number of anilines is 1. The number of alkyl halides is 3. The maximum atomic E-state index is 12.8. The molecule has 3 rings (SSSR count). The molecule has 0 saturated carbocycles. The lowest BCUT2D eigenvalue weighted by atomic mass is 10.3. The zero-order chi connectivity index (χ0) is 22.8. The number of ether oxygens (including phenoxy) is 2. The van der Waals surface area contributed by atoms with Crippen molar-refractivity contribution >= 4 is 38.9 Å². The number of benzene rings is 1. The summed E-state index contributed by atoms with van der Waals surface area (Å²) >= 11 is 11.7. The second-order valence-electron chi connectivity index (χ2n) is 6.75. The summed E-state index contributed by atoms with van der Waals surface area (Å²) < 4.78 is 75.6. The van der Waals surface area contributed by atoms with Crippen molar-refractivity contribution in [1.82, 2.24) is 14.9 Å². The Balaban J connectivity index is 1.83. The van der Waals surface area contributed by atoms with Crippen molar-refractivity contribution in [2.24, 2.45) is 0 Å². The largest absolute Gasteiger partial charge is 0.487 e. The van der Waals surface area contributed by atoms with Gasteiger partial charge in [-0.1, -0.05) is 11.6 Å². The number of nitrogens with one attached hydrogen (secondary N) is 1. The molecular weight excluding hydrogens is 484 g/mol. The smallest absolute Gasteiger partial charge is 0.422 e. The molecule has 8 nitrogen and oxygen atoms in total. The summed E-state index contributed by atoms with van der Waals surface area (Å²) in [5.74, 6) is -0.563. The van der Waals surface area contributed by atoms with E-state index >= 15 is 0 Å². The summed E-state index contributed by atoms with van der Waals surface area (Å²) in [6.45, 7) is -0.211. The first-order valence-electron chi connectivity index (χ1n) is 8.82. The fraction of sp³-hybridized carbons (Fsp3) is 0.412. The van der Waals surface area contributed by atoms with Crippen LogP contribution in [0.25, 0.3) is 0 Å². The molecule has 31 heavy (non-hydrogen) atoms. The van der Waals surface area contributed by atoms with Gasteiger partial charge in [0.2, 0.25) is 11.2 Å². The van der Waals surface area contributed by atoms with E-state index in [1.165, 1.54) is 18.2 Å². The van der Waals surface area contributed by atoms with Gasteiger partial charge in [0, 0.05) is 19.2 Å². The van der Waals surface area contributed by atoms with Crippen molar-refractivity contribution in [1.29, 1.82) is 0 Å². The Morgan fingerprint density at radius 1 is 1.32 bits per heavy atom. The second-order valence-corrected chi connectivity index (χ2v) is 9.15. The van der Waals surface area contributed by atoms with E-state index in [4.69, 9.17) is 27.9 Å². The molecule has 2 aromatic rings. The summed E-state index contributed by atoms with van der Waals surface area (Å²) in [5.41, 5.74) is 0.0717. The van der Waals surface area contributed by atoms with Gasteiger partial charge in [0.1, 0.15) is 11.9 Å². The van der Waals surface area contributed by atoms with Gasteiger partial charge < -0.3 is 14.4 Å². The van der Waals surface area contributed by atoms with Crippen LogP contribution in [0.15, 0.2) is 29.3 Å². The van der Waals surface area contributed by atoms with Crippen LogP contribution in [0, 0.1) is 0 Å². The third-order valence-corrected chi connectivity index (χ3v) is 6.04. The van der Waals surface area contributed by atoms with E-state index in [0.29, 0.717) is 6.54 Å². The van der Waals surface area contributed by atoms with Crippen LogP contribution in [0.5, 0.6) is 11.6 Å². The highest BCUT2D eigenvalue weighted by Crippen LogP contribution is 2.32. The van der Waals surface area contributed by atoms with Crippen LogP contribution in [0.4, 0.5) is 18.9 Å². The number of halogens is 5. The van der Waals surface area contributed by atoms with Crippen LogP contribution < -0.4 is 14.2 Å². The van der Waals surface area contributed by atoms with Crippen molar-refractivity contribution in [3.63, 3.8) is 0 Å². The van der Waals surface area contributed by atoms with Gasteiger partial charge >= 0.3 is 6.18 Å². The molecule has 0 amide bonds. The number of aromatic nitrogens is 2. The maximum Gasteiger partial charge on any atom is 0.422 e. The first-order chi connectivity index (χ1) is 14.4. The van der Waals surface area contributed by atoms with Crippen molar-refractivity contribution in [2.45, 2.75) is 23.6 Å². The minimum Gasteiger partial charge on any atom is -0.487 e. The third kappa shape index (κ3) is 6.48. The Kier molecular flexibility index (Phi) is 7.04. The van der Waals surface area contributed by atoms with Gasteiger partial charge in [-0.25, -0.2) is 13.4 Å². The van der Waals surface area contributed by atoms with E-state index in [0.717, 1.165) is 19.2 Å². The molecular formula is C17H17Cl2F3N4O4S. The molecule has 14 heteroatoms. The highest BCUT2D eigenvalue weighted by atomic mass is 35.5. The van der Waals surface area contributed by atoms with Crippen LogP contribution in [0.2, 0.25) is 10.3 Å². The van der Waals surface area contributed by atoms with Crippen LogP contribution in [0.1, 0.15) is 6.42 Å². The number of likely N-dealkylation sites (N-methyl/N-ethyl adjacent to an activating group) is 1. The quantitative estimate of drug-likeness (QED) is 0.580. The molecule has 1 aliphatic rings. The van der Waals surface area contributed by atoms with Gasteiger partial charge in [-0.3, -0.25) is 4.72 Å². The third-order valence-electron chi connectivity index (χ3n) is 4.18. The number of hydrogen-bond donors (Lipinski definition) is 1. The summed E-state index contributed by atoms with van der Waals surface area (Å²) in [6, 6.07) is 4.19. The molecule has 1 saturated heterocycles. The number of nitrogens with zero attached hydrogens (tertiary/aromatic N) is 3. The van der Waals surface area contributed by atoms with E-state index in [2.05, 4.69) is 24.3 Å². The van der Waals surface area contributed by atoms with Crippen LogP contribution in [-0.4, -0.2) is 62.3 Å². The monoisotopic (exact) mass is 500 g/mol. The lowest BCUT2D eigenvalue weighted by Crippen LogP contribution is -2.22. The molecule has 1 aromatic carbocycles. The van der Waals surface area contributed by atoms with Gasteiger partial charge in [0.15, 0.2) is 11.5 Å². The molecule has 1 atom stereocenters. The van der Waals surface area contributed by atoms with Gasteiger partial charge in [-0.05, 0) is 37.2 Å².